The second-order valence-corrected chi connectivity index (χ2v) is 7.04. The maximum absolute atomic E-state index is 11.6. The minimum atomic E-state index is -1.33. The molecule has 1 unspecified atom stereocenters. The van der Waals surface area contributed by atoms with Crippen molar-refractivity contribution in [1.29, 1.82) is 0 Å². The molecule has 0 bridgehead atoms. The molecule has 1 fully saturated rings. The summed E-state index contributed by atoms with van der Waals surface area (Å²) in [7, 11) is 0. The third-order valence-corrected chi connectivity index (χ3v) is 4.74. The standard InChI is InChI=1S/C22H27NO6/c1-15(24)23-19-21(28-13-17-10-6-3-7-11-17)20(25)18(29-22(19)26)14-27-12-16-8-4-2-5-9-16/h2-11,18-22,25-26H,12-14H2,1H3,(H,23,24)/t18-,19-,20-,21-,22?/m1/s1. The third-order valence-electron chi connectivity index (χ3n) is 4.74. The zero-order valence-corrected chi connectivity index (χ0v) is 16.3. The summed E-state index contributed by atoms with van der Waals surface area (Å²) in [5.74, 6) is -0.350. The minimum Gasteiger partial charge on any atom is -0.388 e. The highest BCUT2D eigenvalue weighted by Crippen LogP contribution is 2.24. The molecule has 1 aliphatic rings. The van der Waals surface area contributed by atoms with Crippen LogP contribution in [0.5, 0.6) is 0 Å². The average Bonchev–Trinajstić information content (AvgIpc) is 2.72. The highest BCUT2D eigenvalue weighted by molar-refractivity contribution is 5.73. The quantitative estimate of drug-likeness (QED) is 0.618. The molecule has 2 aromatic rings. The van der Waals surface area contributed by atoms with Gasteiger partial charge in [-0.1, -0.05) is 60.7 Å². The summed E-state index contributed by atoms with van der Waals surface area (Å²) in [4.78, 5) is 11.6. The third kappa shape index (κ3) is 6.09. The van der Waals surface area contributed by atoms with Gasteiger partial charge in [0.05, 0.1) is 19.8 Å². The van der Waals surface area contributed by atoms with Crippen molar-refractivity contribution >= 4 is 5.91 Å². The summed E-state index contributed by atoms with van der Waals surface area (Å²) in [5, 5.41) is 23.8. The molecule has 1 amide bonds. The number of amides is 1. The predicted octanol–water partition coefficient (Wildman–Crippen LogP) is 1.37. The smallest absolute Gasteiger partial charge is 0.217 e. The Morgan fingerprint density at radius 1 is 1.00 bits per heavy atom. The van der Waals surface area contributed by atoms with Gasteiger partial charge in [-0.2, -0.15) is 0 Å². The normalized spacial score (nSPS) is 26.8. The van der Waals surface area contributed by atoms with E-state index in [0.717, 1.165) is 11.1 Å². The lowest BCUT2D eigenvalue weighted by Gasteiger charge is -2.42. The molecule has 7 nitrogen and oxygen atoms in total. The van der Waals surface area contributed by atoms with Crippen LogP contribution in [0.2, 0.25) is 0 Å². The molecule has 1 aliphatic heterocycles. The highest BCUT2D eigenvalue weighted by Gasteiger charge is 2.46. The number of aliphatic hydroxyl groups is 2. The molecule has 0 aromatic heterocycles. The van der Waals surface area contributed by atoms with Crippen LogP contribution in [0.1, 0.15) is 18.1 Å². The number of carbonyl (C=O) groups is 1. The van der Waals surface area contributed by atoms with Crippen LogP contribution in [0.4, 0.5) is 0 Å². The molecule has 0 spiro atoms. The highest BCUT2D eigenvalue weighted by atomic mass is 16.6. The molecule has 0 saturated carbocycles. The maximum atomic E-state index is 11.6. The van der Waals surface area contributed by atoms with Crippen molar-refractivity contribution in [2.24, 2.45) is 0 Å². The summed E-state index contributed by atoms with van der Waals surface area (Å²) in [6.07, 6.45) is -4.06. The van der Waals surface area contributed by atoms with Gasteiger partial charge in [0, 0.05) is 6.92 Å². The largest absolute Gasteiger partial charge is 0.388 e. The van der Waals surface area contributed by atoms with Gasteiger partial charge in [-0.3, -0.25) is 4.79 Å². The molecule has 3 rings (SSSR count). The van der Waals surface area contributed by atoms with Crippen molar-refractivity contribution in [3.05, 3.63) is 71.8 Å². The Balaban J connectivity index is 1.64. The SMILES string of the molecule is CC(=O)N[C@H]1C(O)O[C@H](COCc2ccccc2)[C@@H](O)[C@@H]1OCc1ccccc1. The van der Waals surface area contributed by atoms with Crippen LogP contribution in [0.15, 0.2) is 60.7 Å². The number of rotatable bonds is 8. The van der Waals surface area contributed by atoms with Crippen LogP contribution in [-0.2, 0) is 32.2 Å². The Hall–Kier alpha value is -2.29. The van der Waals surface area contributed by atoms with Crippen LogP contribution >= 0.6 is 0 Å². The monoisotopic (exact) mass is 401 g/mol. The van der Waals surface area contributed by atoms with Crippen LogP contribution in [0.25, 0.3) is 0 Å². The van der Waals surface area contributed by atoms with Gasteiger partial charge >= 0.3 is 0 Å². The Bertz CT molecular complexity index is 756. The Labute approximate surface area is 170 Å². The van der Waals surface area contributed by atoms with E-state index >= 15 is 0 Å². The Morgan fingerprint density at radius 3 is 2.17 bits per heavy atom. The van der Waals surface area contributed by atoms with Crippen molar-refractivity contribution in [1.82, 2.24) is 5.32 Å². The van der Waals surface area contributed by atoms with E-state index in [4.69, 9.17) is 14.2 Å². The fourth-order valence-electron chi connectivity index (χ4n) is 3.29. The molecule has 156 valence electrons. The average molecular weight is 401 g/mol. The lowest BCUT2D eigenvalue weighted by molar-refractivity contribution is -0.266. The number of hydrogen-bond acceptors (Lipinski definition) is 6. The van der Waals surface area contributed by atoms with E-state index in [9.17, 15) is 15.0 Å². The number of hydrogen-bond donors (Lipinski definition) is 3. The summed E-state index contributed by atoms with van der Waals surface area (Å²) >= 11 is 0. The van der Waals surface area contributed by atoms with Crippen molar-refractivity contribution in [2.45, 2.75) is 50.8 Å². The first-order valence-electron chi connectivity index (χ1n) is 9.60. The van der Waals surface area contributed by atoms with Crippen molar-refractivity contribution < 1.29 is 29.2 Å². The van der Waals surface area contributed by atoms with Crippen LogP contribution < -0.4 is 5.32 Å². The molecule has 0 aliphatic carbocycles. The van der Waals surface area contributed by atoms with Crippen molar-refractivity contribution in [3.8, 4) is 0 Å². The van der Waals surface area contributed by atoms with Gasteiger partial charge in [0.15, 0.2) is 6.29 Å². The molecule has 1 heterocycles. The van der Waals surface area contributed by atoms with E-state index in [0.29, 0.717) is 6.61 Å². The van der Waals surface area contributed by atoms with E-state index < -0.39 is 30.6 Å². The molecular weight excluding hydrogens is 374 g/mol. The van der Waals surface area contributed by atoms with Gasteiger partial charge in [0.1, 0.15) is 24.4 Å². The first-order valence-corrected chi connectivity index (χ1v) is 9.60. The second kappa shape index (κ2) is 10.5. The van der Waals surface area contributed by atoms with Gasteiger partial charge in [-0.25, -0.2) is 0 Å². The fraction of sp³-hybridized carbons (Fsp3) is 0.409. The van der Waals surface area contributed by atoms with Gasteiger partial charge < -0.3 is 29.7 Å². The topological polar surface area (TPSA) is 97.3 Å². The summed E-state index contributed by atoms with van der Waals surface area (Å²) in [5.41, 5.74) is 1.91. The Kier molecular flexibility index (Phi) is 7.74. The van der Waals surface area contributed by atoms with Crippen molar-refractivity contribution in [2.75, 3.05) is 6.61 Å². The Morgan fingerprint density at radius 2 is 1.59 bits per heavy atom. The van der Waals surface area contributed by atoms with Crippen LogP contribution in [-0.4, -0.2) is 53.4 Å². The molecule has 5 atom stereocenters. The van der Waals surface area contributed by atoms with Gasteiger partial charge in [0.25, 0.3) is 0 Å². The summed E-state index contributed by atoms with van der Waals surface area (Å²) in [6.45, 7) is 1.99. The lowest BCUT2D eigenvalue weighted by atomic mass is 9.96. The number of benzene rings is 2. The minimum absolute atomic E-state index is 0.0745. The number of carbonyl (C=O) groups excluding carboxylic acids is 1. The van der Waals surface area contributed by atoms with Crippen molar-refractivity contribution in [3.63, 3.8) is 0 Å². The molecular formula is C22H27NO6. The first kappa shape index (κ1) is 21.4. The second-order valence-electron chi connectivity index (χ2n) is 7.04. The lowest BCUT2D eigenvalue weighted by Crippen LogP contribution is -2.64. The maximum Gasteiger partial charge on any atom is 0.217 e. The van der Waals surface area contributed by atoms with E-state index in [2.05, 4.69) is 5.32 Å². The molecule has 2 aromatic carbocycles. The molecule has 7 heteroatoms. The zero-order chi connectivity index (χ0) is 20.6. The van der Waals surface area contributed by atoms with Gasteiger partial charge in [-0.15, -0.1) is 0 Å². The molecule has 3 N–H and O–H groups in total. The van der Waals surface area contributed by atoms with Gasteiger partial charge in [-0.05, 0) is 11.1 Å². The van der Waals surface area contributed by atoms with E-state index in [-0.39, 0.29) is 19.1 Å². The zero-order valence-electron chi connectivity index (χ0n) is 16.3. The van der Waals surface area contributed by atoms with Crippen LogP contribution in [0, 0.1) is 0 Å². The van der Waals surface area contributed by atoms with E-state index in [1.165, 1.54) is 6.92 Å². The first-order chi connectivity index (χ1) is 14.0. The molecule has 29 heavy (non-hydrogen) atoms. The summed E-state index contributed by atoms with van der Waals surface area (Å²) < 4.78 is 17.1. The molecule has 0 radical (unpaired) electrons. The predicted molar refractivity (Wildman–Crippen MR) is 106 cm³/mol. The van der Waals surface area contributed by atoms with Gasteiger partial charge in [0.2, 0.25) is 5.91 Å². The summed E-state index contributed by atoms with van der Waals surface area (Å²) in [6, 6.07) is 18.2. The van der Waals surface area contributed by atoms with Crippen LogP contribution in [0.3, 0.4) is 0 Å². The molecule has 1 saturated heterocycles. The van der Waals surface area contributed by atoms with E-state index in [1.807, 2.05) is 60.7 Å². The number of aliphatic hydroxyl groups excluding tert-OH is 2. The van der Waals surface area contributed by atoms with E-state index in [1.54, 1.807) is 0 Å². The number of ether oxygens (including phenoxy) is 3. The number of nitrogens with one attached hydrogen (secondary N) is 1. The fourth-order valence-corrected chi connectivity index (χ4v) is 3.29.